The second-order valence-corrected chi connectivity index (χ2v) is 12.0. The predicted molar refractivity (Wildman–Crippen MR) is 159 cm³/mol. The van der Waals surface area contributed by atoms with Crippen LogP contribution in [-0.4, -0.2) is 100 Å². The maximum absolute atomic E-state index is 14.2. The van der Waals surface area contributed by atoms with Crippen molar-refractivity contribution in [2.24, 2.45) is 5.92 Å². The Morgan fingerprint density at radius 3 is 2.51 bits per heavy atom. The van der Waals surface area contributed by atoms with Gasteiger partial charge in [-0.25, -0.2) is 13.8 Å². The van der Waals surface area contributed by atoms with E-state index in [1.165, 1.54) is 11.7 Å². The van der Waals surface area contributed by atoms with Crippen LogP contribution in [0.5, 0.6) is 0 Å². The fourth-order valence-electron chi connectivity index (χ4n) is 5.99. The van der Waals surface area contributed by atoms with Gasteiger partial charge >= 0.3 is 5.97 Å². The van der Waals surface area contributed by atoms with Gasteiger partial charge in [0.1, 0.15) is 11.6 Å². The normalized spacial score (nSPS) is 19.8. The summed E-state index contributed by atoms with van der Waals surface area (Å²) in [6, 6.07) is 8.94. The number of methoxy groups -OCH3 is 1. The maximum atomic E-state index is 14.2. The first-order chi connectivity index (χ1) is 20.6. The van der Waals surface area contributed by atoms with Crippen LogP contribution >= 0.6 is 0 Å². The number of benzene rings is 1. The number of nitrogens with one attached hydrogen (secondary N) is 1. The van der Waals surface area contributed by atoms with Crippen LogP contribution < -0.4 is 10.2 Å². The third kappa shape index (κ3) is 7.76. The van der Waals surface area contributed by atoms with Gasteiger partial charge in [-0.05, 0) is 57.6 Å². The second-order valence-electron chi connectivity index (χ2n) is 12.0. The topological polar surface area (TPSA) is 118 Å². The van der Waals surface area contributed by atoms with Crippen molar-refractivity contribution in [2.75, 3.05) is 63.3 Å². The highest BCUT2D eigenvalue weighted by Crippen LogP contribution is 2.31. The van der Waals surface area contributed by atoms with Crippen molar-refractivity contribution in [3.8, 4) is 5.82 Å². The van der Waals surface area contributed by atoms with Crippen molar-refractivity contribution >= 4 is 28.8 Å². The van der Waals surface area contributed by atoms with Gasteiger partial charge in [0.15, 0.2) is 5.82 Å². The summed E-state index contributed by atoms with van der Waals surface area (Å²) in [6.45, 7) is 7.01. The minimum atomic E-state index is -2.78. The number of rotatable bonds is 11. The number of alkyl halides is 2. The molecule has 0 unspecified atom stereocenters. The van der Waals surface area contributed by atoms with Crippen LogP contribution in [0.2, 0.25) is 0 Å². The number of carbonyl (C=O) groups excluding carboxylic acids is 1. The molecular weight excluding hydrogens is 560 g/mol. The summed E-state index contributed by atoms with van der Waals surface area (Å²) in [7, 11) is 1.37. The average Bonchev–Trinajstić information content (AvgIpc) is 3.40. The van der Waals surface area contributed by atoms with E-state index in [2.05, 4.69) is 15.2 Å². The van der Waals surface area contributed by atoms with Crippen LogP contribution in [-0.2, 0) is 14.3 Å². The maximum Gasteiger partial charge on any atom is 0.319 e. The Balaban J connectivity index is 1.34. The fourth-order valence-corrected chi connectivity index (χ4v) is 5.99. The number of hydrogen-bond donors (Lipinski definition) is 2. The highest BCUT2D eigenvalue weighted by Gasteiger charge is 2.31. The fraction of sp³-hybridized carbons (Fsp3) is 0.600. The van der Waals surface area contributed by atoms with E-state index in [1.54, 1.807) is 44.2 Å². The lowest BCUT2D eigenvalue weighted by atomic mass is 9.85. The highest BCUT2D eigenvalue weighted by molar-refractivity contribution is 5.78. The van der Waals surface area contributed by atoms with E-state index in [1.807, 2.05) is 4.90 Å². The van der Waals surface area contributed by atoms with Crippen LogP contribution in [0.1, 0.15) is 51.8 Å². The van der Waals surface area contributed by atoms with Gasteiger partial charge in [0.25, 0.3) is 6.43 Å². The Hall–Kier alpha value is -3.42. The summed E-state index contributed by atoms with van der Waals surface area (Å²) < 4.78 is 40.1. The number of hydrogen-bond acceptors (Lipinski definition) is 10. The number of imidazole rings is 1. The smallest absolute Gasteiger partial charge is 0.319 e. The zero-order valence-corrected chi connectivity index (χ0v) is 25.0. The van der Waals surface area contributed by atoms with Crippen molar-refractivity contribution in [1.29, 1.82) is 0 Å². The SMILES string of the molecule is COC(=O)CN(CC(C)(C)O)C1CCC(CNc2nc(N3CCOCC3)cc(-n3c(C(F)F)nc4ccccc43)n2)CC1. The summed E-state index contributed by atoms with van der Waals surface area (Å²) in [6.07, 6.45) is 0.796. The molecule has 2 fully saturated rings. The second kappa shape index (κ2) is 13.5. The van der Waals surface area contributed by atoms with Crippen molar-refractivity contribution in [2.45, 2.75) is 57.6 Å². The molecule has 3 aromatic rings. The molecule has 2 N–H and O–H groups in total. The Bertz CT molecular complexity index is 1380. The Kier molecular flexibility index (Phi) is 9.72. The van der Waals surface area contributed by atoms with E-state index >= 15 is 0 Å². The van der Waals surface area contributed by atoms with Gasteiger partial charge in [-0.1, -0.05) is 12.1 Å². The first-order valence-corrected chi connectivity index (χ1v) is 14.9. The Morgan fingerprint density at radius 2 is 1.84 bits per heavy atom. The van der Waals surface area contributed by atoms with E-state index in [0.29, 0.717) is 73.9 Å². The summed E-state index contributed by atoms with van der Waals surface area (Å²) >= 11 is 0. The van der Waals surface area contributed by atoms with Gasteiger partial charge in [0.05, 0.1) is 43.5 Å². The number of aliphatic hydroxyl groups is 1. The van der Waals surface area contributed by atoms with Crippen LogP contribution in [0.3, 0.4) is 0 Å². The molecule has 234 valence electrons. The number of anilines is 2. The molecule has 0 radical (unpaired) electrons. The van der Waals surface area contributed by atoms with E-state index in [9.17, 15) is 18.7 Å². The molecule has 2 aromatic heterocycles. The van der Waals surface area contributed by atoms with Crippen molar-refractivity contribution in [3.63, 3.8) is 0 Å². The van der Waals surface area contributed by atoms with Gasteiger partial charge < -0.3 is 24.8 Å². The van der Waals surface area contributed by atoms with Crippen LogP contribution in [0, 0.1) is 5.92 Å². The molecule has 0 atom stereocenters. The number of fused-ring (bicyclic) bond motifs is 1. The molecule has 0 spiro atoms. The standard InChI is InChI=1S/C30H41F2N7O4/c1-30(2,41)19-38(18-26(40)42-3)21-10-8-20(9-11-21)17-33-29-35-24(37-12-14-43-15-13-37)16-25(36-29)39-23-7-5-4-6-22(23)34-28(39)27(31)32/h4-7,16,20-21,27,41H,8-15,17-19H2,1-3H3,(H,33,35,36). The van der Waals surface area contributed by atoms with E-state index in [-0.39, 0.29) is 24.4 Å². The van der Waals surface area contributed by atoms with Crippen LogP contribution in [0.25, 0.3) is 16.9 Å². The molecule has 0 amide bonds. The predicted octanol–water partition coefficient (Wildman–Crippen LogP) is 3.81. The zero-order chi connectivity index (χ0) is 30.6. The van der Waals surface area contributed by atoms with Gasteiger partial charge in [0.2, 0.25) is 5.95 Å². The number of carbonyl (C=O) groups is 1. The number of ether oxygens (including phenoxy) is 2. The molecule has 1 saturated carbocycles. The Morgan fingerprint density at radius 1 is 1.14 bits per heavy atom. The highest BCUT2D eigenvalue weighted by atomic mass is 19.3. The van der Waals surface area contributed by atoms with E-state index in [4.69, 9.17) is 19.4 Å². The van der Waals surface area contributed by atoms with E-state index in [0.717, 1.165) is 25.7 Å². The largest absolute Gasteiger partial charge is 0.468 e. The molecule has 3 heterocycles. The Labute approximate surface area is 250 Å². The van der Waals surface area contributed by atoms with Crippen molar-refractivity contribution in [3.05, 3.63) is 36.2 Å². The number of halogens is 2. The quantitative estimate of drug-likeness (QED) is 0.314. The minimum absolute atomic E-state index is 0.141. The lowest BCUT2D eigenvalue weighted by molar-refractivity contribution is -0.143. The lowest BCUT2D eigenvalue weighted by Gasteiger charge is -2.39. The number of para-hydroxylation sites is 2. The van der Waals surface area contributed by atoms with Gasteiger partial charge in [0, 0.05) is 38.3 Å². The van der Waals surface area contributed by atoms with E-state index < -0.39 is 12.0 Å². The molecule has 1 saturated heterocycles. The lowest BCUT2D eigenvalue weighted by Crippen LogP contribution is -2.48. The number of aromatic nitrogens is 4. The summed E-state index contributed by atoms with van der Waals surface area (Å²) in [4.78, 5) is 29.8. The molecule has 1 aromatic carbocycles. The van der Waals surface area contributed by atoms with Gasteiger partial charge in [-0.15, -0.1) is 0 Å². The number of nitrogens with zero attached hydrogens (tertiary/aromatic N) is 6. The average molecular weight is 602 g/mol. The van der Waals surface area contributed by atoms with Gasteiger partial charge in [-0.3, -0.25) is 14.3 Å². The number of esters is 1. The first kappa shape index (κ1) is 31.0. The minimum Gasteiger partial charge on any atom is -0.468 e. The molecular formula is C30H41F2N7O4. The van der Waals surface area contributed by atoms with Crippen LogP contribution in [0.4, 0.5) is 20.5 Å². The number of morpholine rings is 1. The molecule has 1 aliphatic heterocycles. The first-order valence-electron chi connectivity index (χ1n) is 14.9. The molecule has 1 aliphatic carbocycles. The molecule has 0 bridgehead atoms. The summed E-state index contributed by atoms with van der Waals surface area (Å²) in [5, 5.41) is 13.8. The molecule has 13 heteroatoms. The zero-order valence-electron chi connectivity index (χ0n) is 25.0. The molecule has 43 heavy (non-hydrogen) atoms. The molecule has 2 aliphatic rings. The third-order valence-corrected chi connectivity index (χ3v) is 8.08. The van der Waals surface area contributed by atoms with Crippen molar-refractivity contribution < 1.29 is 28.2 Å². The molecule has 5 rings (SSSR count). The summed E-state index contributed by atoms with van der Waals surface area (Å²) in [5.74, 6) is 0.998. The summed E-state index contributed by atoms with van der Waals surface area (Å²) in [5.41, 5.74) is 0.0928. The van der Waals surface area contributed by atoms with Crippen LogP contribution in [0.15, 0.2) is 30.3 Å². The van der Waals surface area contributed by atoms with Crippen molar-refractivity contribution in [1.82, 2.24) is 24.4 Å². The molecule has 11 nitrogen and oxygen atoms in total. The monoisotopic (exact) mass is 601 g/mol. The van der Waals surface area contributed by atoms with Gasteiger partial charge in [-0.2, -0.15) is 9.97 Å². The third-order valence-electron chi connectivity index (χ3n) is 8.08.